The molecule has 0 aliphatic heterocycles. The molecule has 3 N–H and O–H groups in total. The van der Waals surface area contributed by atoms with Gasteiger partial charge in [0.25, 0.3) is 5.91 Å². The number of amides is 1. The first-order valence-electron chi connectivity index (χ1n) is 9.88. The van der Waals surface area contributed by atoms with Crippen molar-refractivity contribution in [2.24, 2.45) is 0 Å². The van der Waals surface area contributed by atoms with E-state index in [-0.39, 0.29) is 17.2 Å². The Balaban J connectivity index is 1.92. The number of carbonyl (C=O) groups excluding carboxylic acids is 1. The minimum atomic E-state index is -4.71. The number of carbonyl (C=O) groups is 1. The molecule has 0 bridgehead atoms. The van der Waals surface area contributed by atoms with Crippen molar-refractivity contribution < 1.29 is 22.5 Å². The zero-order valence-electron chi connectivity index (χ0n) is 18.2. The maximum atomic E-state index is 13.6. The zero-order chi connectivity index (χ0) is 24.2. The number of hydrogen-bond acceptors (Lipinski definition) is 6. The molecule has 0 saturated carbocycles. The maximum absolute atomic E-state index is 13.6. The number of alkyl halides is 3. The predicted molar refractivity (Wildman–Crippen MR) is 123 cm³/mol. The second-order valence-electron chi connectivity index (χ2n) is 7.76. The first kappa shape index (κ1) is 24.3. The van der Waals surface area contributed by atoms with E-state index in [2.05, 4.69) is 25.9 Å². The summed E-state index contributed by atoms with van der Waals surface area (Å²) in [4.78, 5) is 19.9. The fourth-order valence-corrected chi connectivity index (χ4v) is 4.15. The van der Waals surface area contributed by atoms with Crippen LogP contribution in [0.3, 0.4) is 0 Å². The van der Waals surface area contributed by atoms with E-state index in [0.29, 0.717) is 18.0 Å². The number of benzene rings is 2. The predicted octanol–water partition coefficient (Wildman–Crippen LogP) is 5.46. The second kappa shape index (κ2) is 9.62. The fraction of sp³-hybridized carbons (Fsp3) is 0.227. The van der Waals surface area contributed by atoms with Crippen LogP contribution in [-0.2, 0) is 16.9 Å². The molecule has 0 atom stereocenters. The Hall–Kier alpha value is -3.39. The molecule has 0 aliphatic carbocycles. The van der Waals surface area contributed by atoms with Crippen molar-refractivity contribution in [3.8, 4) is 0 Å². The van der Waals surface area contributed by atoms with Gasteiger partial charge in [0, 0.05) is 25.1 Å². The van der Waals surface area contributed by atoms with Gasteiger partial charge in [-0.3, -0.25) is 4.79 Å². The molecule has 3 rings (SSSR count). The highest BCUT2D eigenvalue weighted by molar-refractivity contribution is 7.61. The standard InChI is InChI=1S/C22H23F3N5O2P/c1-26-20(31)16-6-4-5-7-18(16)29-19-17(22(23,24)25)12-27-21(30-19)28-15-10-8-14(9-11-15)13-33(2,3)32/h4-12H,13H2,1-3H3,(H,26,31)(H2,27,28,29,30). The molecule has 0 radical (unpaired) electrons. The molecule has 7 nitrogen and oxygen atoms in total. The van der Waals surface area contributed by atoms with E-state index in [9.17, 15) is 22.5 Å². The van der Waals surface area contributed by atoms with Crippen molar-refractivity contribution >= 4 is 36.2 Å². The molecule has 1 amide bonds. The molecule has 0 unspecified atom stereocenters. The van der Waals surface area contributed by atoms with Gasteiger partial charge in [-0.25, -0.2) is 4.98 Å². The summed E-state index contributed by atoms with van der Waals surface area (Å²) in [7, 11) is -0.804. The van der Waals surface area contributed by atoms with Gasteiger partial charge in [0.05, 0.1) is 18.4 Å². The number of hydrogen-bond donors (Lipinski definition) is 3. The number of nitrogens with zero attached hydrogens (tertiary/aromatic N) is 2. The monoisotopic (exact) mass is 477 g/mol. The van der Waals surface area contributed by atoms with Gasteiger partial charge in [0.1, 0.15) is 11.4 Å². The smallest absolute Gasteiger partial charge is 0.355 e. The van der Waals surface area contributed by atoms with Crippen molar-refractivity contribution in [3.05, 3.63) is 71.4 Å². The van der Waals surface area contributed by atoms with Gasteiger partial charge in [-0.2, -0.15) is 18.2 Å². The molecule has 1 heterocycles. The fourth-order valence-electron chi connectivity index (χ4n) is 3.06. The van der Waals surface area contributed by atoms with Crippen LogP contribution in [0.1, 0.15) is 21.5 Å². The van der Waals surface area contributed by atoms with Crippen LogP contribution in [-0.4, -0.2) is 36.3 Å². The molecular weight excluding hydrogens is 454 g/mol. The van der Waals surface area contributed by atoms with Gasteiger partial charge in [-0.1, -0.05) is 24.3 Å². The molecule has 0 aliphatic rings. The van der Waals surface area contributed by atoms with Crippen LogP contribution < -0.4 is 16.0 Å². The number of para-hydroxylation sites is 1. The van der Waals surface area contributed by atoms with Gasteiger partial charge in [-0.05, 0) is 43.2 Å². The highest BCUT2D eigenvalue weighted by Crippen LogP contribution is 2.40. The summed E-state index contributed by atoms with van der Waals surface area (Å²) in [6.45, 7) is 3.40. The Morgan fingerprint density at radius 3 is 2.30 bits per heavy atom. The van der Waals surface area contributed by atoms with Crippen LogP contribution >= 0.6 is 7.14 Å². The van der Waals surface area contributed by atoms with Crippen LogP contribution in [0.4, 0.5) is 36.3 Å². The molecule has 2 aromatic carbocycles. The lowest BCUT2D eigenvalue weighted by Crippen LogP contribution is -2.20. The van der Waals surface area contributed by atoms with Gasteiger partial charge >= 0.3 is 6.18 Å². The summed E-state index contributed by atoms with van der Waals surface area (Å²) in [5, 5.41) is 7.94. The van der Waals surface area contributed by atoms with E-state index in [1.54, 1.807) is 49.7 Å². The Morgan fingerprint density at radius 2 is 1.70 bits per heavy atom. The van der Waals surface area contributed by atoms with Gasteiger partial charge in [0.15, 0.2) is 0 Å². The Kier molecular flexibility index (Phi) is 7.07. The lowest BCUT2D eigenvalue weighted by atomic mass is 10.1. The highest BCUT2D eigenvalue weighted by atomic mass is 31.2. The minimum absolute atomic E-state index is 0.0627. The Labute approximate surface area is 189 Å². The molecule has 1 aromatic heterocycles. The van der Waals surface area contributed by atoms with E-state index < -0.39 is 30.6 Å². The van der Waals surface area contributed by atoms with Crippen LogP contribution in [0.2, 0.25) is 0 Å². The van der Waals surface area contributed by atoms with Crippen molar-refractivity contribution in [2.45, 2.75) is 12.3 Å². The van der Waals surface area contributed by atoms with E-state index in [1.165, 1.54) is 19.2 Å². The first-order chi connectivity index (χ1) is 15.5. The van der Waals surface area contributed by atoms with Gasteiger partial charge in [0.2, 0.25) is 5.95 Å². The van der Waals surface area contributed by atoms with Crippen molar-refractivity contribution in [3.63, 3.8) is 0 Å². The third kappa shape index (κ3) is 6.55. The van der Waals surface area contributed by atoms with Crippen molar-refractivity contribution in [1.82, 2.24) is 15.3 Å². The number of nitrogens with one attached hydrogen (secondary N) is 3. The number of aromatic nitrogens is 2. The summed E-state index contributed by atoms with van der Waals surface area (Å²) in [6.07, 6.45) is -3.58. The molecular formula is C22H23F3N5O2P. The van der Waals surface area contributed by atoms with Crippen LogP contribution in [0, 0.1) is 0 Å². The van der Waals surface area contributed by atoms with Crippen molar-refractivity contribution in [1.29, 1.82) is 0 Å². The average molecular weight is 477 g/mol. The molecule has 0 spiro atoms. The summed E-state index contributed by atoms with van der Waals surface area (Å²) in [5.74, 6) is -1.01. The van der Waals surface area contributed by atoms with E-state index >= 15 is 0 Å². The molecule has 0 fully saturated rings. The molecule has 0 saturated heterocycles. The minimum Gasteiger partial charge on any atom is -0.355 e. The zero-order valence-corrected chi connectivity index (χ0v) is 19.1. The number of anilines is 4. The van der Waals surface area contributed by atoms with Crippen molar-refractivity contribution in [2.75, 3.05) is 31.0 Å². The Morgan fingerprint density at radius 1 is 1.03 bits per heavy atom. The maximum Gasteiger partial charge on any atom is 0.421 e. The van der Waals surface area contributed by atoms with E-state index in [4.69, 9.17) is 0 Å². The molecule has 174 valence electrons. The van der Waals surface area contributed by atoms with Crippen LogP contribution in [0.25, 0.3) is 0 Å². The Bertz CT molecular complexity index is 1190. The van der Waals surface area contributed by atoms with Crippen LogP contribution in [0.15, 0.2) is 54.7 Å². The average Bonchev–Trinajstić information content (AvgIpc) is 2.73. The molecule has 3 aromatic rings. The summed E-state index contributed by atoms with van der Waals surface area (Å²) < 4.78 is 52.7. The third-order valence-corrected chi connectivity index (χ3v) is 5.65. The van der Waals surface area contributed by atoms with Gasteiger partial charge in [-0.15, -0.1) is 0 Å². The highest BCUT2D eigenvalue weighted by Gasteiger charge is 2.35. The molecule has 33 heavy (non-hydrogen) atoms. The van der Waals surface area contributed by atoms with E-state index in [1.807, 2.05) is 0 Å². The van der Waals surface area contributed by atoms with Crippen LogP contribution in [0.5, 0.6) is 0 Å². The summed E-state index contributed by atoms with van der Waals surface area (Å²) in [6, 6.07) is 13.2. The van der Waals surface area contributed by atoms with E-state index in [0.717, 1.165) is 5.56 Å². The quantitative estimate of drug-likeness (QED) is 0.391. The van der Waals surface area contributed by atoms with Gasteiger partial charge < -0.3 is 20.5 Å². The SMILES string of the molecule is CNC(=O)c1ccccc1Nc1nc(Nc2ccc(CP(C)(C)=O)cc2)ncc1C(F)(F)F. The lowest BCUT2D eigenvalue weighted by Gasteiger charge is -2.16. The lowest BCUT2D eigenvalue weighted by molar-refractivity contribution is -0.137. The number of halogens is 3. The summed E-state index contributed by atoms with van der Waals surface area (Å²) >= 11 is 0. The topological polar surface area (TPSA) is 96.0 Å². The largest absolute Gasteiger partial charge is 0.421 e. The third-order valence-electron chi connectivity index (χ3n) is 4.52. The summed E-state index contributed by atoms with van der Waals surface area (Å²) in [5.41, 5.74) is 0.699. The molecule has 11 heteroatoms. The normalized spacial score (nSPS) is 11.7. The number of rotatable bonds is 7. The second-order valence-corrected chi connectivity index (χ2v) is 11.2. The first-order valence-corrected chi connectivity index (χ1v) is 12.7.